The number of amides is 1. The number of aliphatic hydroxyl groups is 2. The number of anilines is 2. The molecule has 3 heterocycles. The Morgan fingerprint density at radius 3 is 2.64 bits per heavy atom. The highest BCUT2D eigenvalue weighted by molar-refractivity contribution is 7.21. The number of nitrogens with one attached hydrogen (secondary N) is 3. The van der Waals surface area contributed by atoms with E-state index >= 15 is 0 Å². The van der Waals surface area contributed by atoms with Crippen LogP contribution in [-0.2, 0) is 9.53 Å². The maximum atomic E-state index is 12.9. The number of rotatable bonds is 9. The standard InChI is InChI=1S/C27H37N7O4S/c1-13-18(25-32-20-17(39-25)8-9-28-19(20)14-6-7-14)23(33-26(30-13)29-10-11-38-5)31-16-12-15(21(35)22(16)36)24(37)34-27(2,3)4/h8-9,14-16,21-22,35-36H,6-7,10-12H2,1-5H3,(H,34,37)(H2,29,30,31,33)/t15-,16+,21+,22-/m0/s1. The van der Waals surface area contributed by atoms with Crippen LogP contribution in [0.15, 0.2) is 12.3 Å². The minimum atomic E-state index is -1.20. The number of carbonyl (C=O) groups excluding carboxylic acids is 1. The zero-order valence-electron chi connectivity index (χ0n) is 23.0. The normalized spacial score (nSPS) is 23.3. The quantitative estimate of drug-likeness (QED) is 0.249. The number of ether oxygens (including phenoxy) is 1. The molecule has 0 spiro atoms. The van der Waals surface area contributed by atoms with Gasteiger partial charge in [0.15, 0.2) is 0 Å². The second kappa shape index (κ2) is 10.9. The van der Waals surface area contributed by atoms with E-state index in [0.29, 0.717) is 36.5 Å². The summed E-state index contributed by atoms with van der Waals surface area (Å²) in [6.45, 7) is 8.55. The van der Waals surface area contributed by atoms with Gasteiger partial charge in [0.25, 0.3) is 0 Å². The second-order valence-electron chi connectivity index (χ2n) is 11.4. The van der Waals surface area contributed by atoms with Crippen LogP contribution in [0.25, 0.3) is 20.8 Å². The highest BCUT2D eigenvalue weighted by Crippen LogP contribution is 2.44. The predicted molar refractivity (Wildman–Crippen MR) is 151 cm³/mol. The van der Waals surface area contributed by atoms with Gasteiger partial charge in [0, 0.05) is 31.3 Å². The second-order valence-corrected chi connectivity index (χ2v) is 12.5. The van der Waals surface area contributed by atoms with Crippen molar-refractivity contribution < 1.29 is 19.7 Å². The molecule has 3 aromatic rings. The number of hydrogen-bond donors (Lipinski definition) is 5. The number of thiazole rings is 1. The molecule has 5 rings (SSSR count). The van der Waals surface area contributed by atoms with Crippen LogP contribution in [0.4, 0.5) is 11.8 Å². The molecule has 2 saturated carbocycles. The Morgan fingerprint density at radius 2 is 1.95 bits per heavy atom. The number of hydrogen-bond acceptors (Lipinski definition) is 11. The fraction of sp³-hybridized carbons (Fsp3) is 0.593. The van der Waals surface area contributed by atoms with Gasteiger partial charge in [-0.2, -0.15) is 4.98 Å². The number of nitrogens with zero attached hydrogens (tertiary/aromatic N) is 4. The topological polar surface area (TPSA) is 154 Å². The monoisotopic (exact) mass is 555 g/mol. The minimum Gasteiger partial charge on any atom is -0.390 e. The lowest BCUT2D eigenvalue weighted by Gasteiger charge is -2.24. The Balaban J connectivity index is 1.49. The summed E-state index contributed by atoms with van der Waals surface area (Å²) < 4.78 is 6.19. The molecule has 4 atom stereocenters. The SMILES string of the molecule is COCCNc1nc(C)c(-c2nc3c(C4CC4)nccc3s2)c(N[C@@H]2C[C@H](C(=O)NC(C)(C)C)[C@@H](O)[C@H]2O)n1. The summed E-state index contributed by atoms with van der Waals surface area (Å²) in [5.74, 6) is 0.308. The molecule has 5 N–H and O–H groups in total. The molecule has 2 fully saturated rings. The number of carbonyl (C=O) groups is 1. The van der Waals surface area contributed by atoms with Crippen molar-refractivity contribution in [2.45, 2.75) is 76.7 Å². The molecule has 2 aliphatic carbocycles. The maximum absolute atomic E-state index is 12.9. The maximum Gasteiger partial charge on any atom is 0.226 e. The van der Waals surface area contributed by atoms with Crippen LogP contribution in [0, 0.1) is 12.8 Å². The van der Waals surface area contributed by atoms with Crippen LogP contribution < -0.4 is 16.0 Å². The van der Waals surface area contributed by atoms with Crippen molar-refractivity contribution in [3.63, 3.8) is 0 Å². The van der Waals surface area contributed by atoms with E-state index in [-0.39, 0.29) is 12.3 Å². The van der Waals surface area contributed by atoms with Gasteiger partial charge in [-0.05, 0) is 53.0 Å². The first-order valence-corrected chi connectivity index (χ1v) is 14.2. The van der Waals surface area contributed by atoms with Gasteiger partial charge in [-0.1, -0.05) is 0 Å². The smallest absolute Gasteiger partial charge is 0.226 e. The van der Waals surface area contributed by atoms with Crippen molar-refractivity contribution >= 4 is 39.2 Å². The summed E-state index contributed by atoms with van der Waals surface area (Å²) in [4.78, 5) is 31.9. The van der Waals surface area contributed by atoms with E-state index in [1.54, 1.807) is 18.4 Å². The van der Waals surface area contributed by atoms with E-state index in [0.717, 1.165) is 39.3 Å². The summed E-state index contributed by atoms with van der Waals surface area (Å²) in [6, 6.07) is 1.37. The Kier molecular flexibility index (Phi) is 7.73. The molecule has 0 bridgehead atoms. The summed E-state index contributed by atoms with van der Waals surface area (Å²) in [7, 11) is 1.63. The highest BCUT2D eigenvalue weighted by atomic mass is 32.1. The first kappa shape index (κ1) is 27.6. The molecular weight excluding hydrogens is 518 g/mol. The van der Waals surface area contributed by atoms with Crippen LogP contribution in [0.5, 0.6) is 0 Å². The van der Waals surface area contributed by atoms with E-state index in [1.807, 2.05) is 40.0 Å². The summed E-state index contributed by atoms with van der Waals surface area (Å²) >= 11 is 1.55. The summed E-state index contributed by atoms with van der Waals surface area (Å²) in [6.07, 6.45) is 1.97. The number of aliphatic hydroxyl groups excluding tert-OH is 2. The predicted octanol–water partition coefficient (Wildman–Crippen LogP) is 2.83. The molecule has 39 heavy (non-hydrogen) atoms. The largest absolute Gasteiger partial charge is 0.390 e. The summed E-state index contributed by atoms with van der Waals surface area (Å²) in [5.41, 5.74) is 2.92. The zero-order valence-corrected chi connectivity index (χ0v) is 23.8. The highest BCUT2D eigenvalue weighted by Gasteiger charge is 2.46. The zero-order chi connectivity index (χ0) is 27.9. The Bertz CT molecular complexity index is 1350. The molecule has 12 heteroatoms. The molecule has 0 saturated heterocycles. The third-order valence-electron chi connectivity index (χ3n) is 7.03. The molecule has 210 valence electrons. The van der Waals surface area contributed by atoms with Gasteiger partial charge in [0.05, 0.1) is 46.3 Å². The van der Waals surface area contributed by atoms with E-state index in [9.17, 15) is 15.0 Å². The number of fused-ring (bicyclic) bond motifs is 1. The van der Waals surface area contributed by atoms with Gasteiger partial charge in [-0.25, -0.2) is 9.97 Å². The van der Waals surface area contributed by atoms with Crippen molar-refractivity contribution in [1.29, 1.82) is 0 Å². The van der Waals surface area contributed by atoms with Gasteiger partial charge in [-0.3, -0.25) is 9.78 Å². The lowest BCUT2D eigenvalue weighted by atomic mass is 10.0. The van der Waals surface area contributed by atoms with Crippen LogP contribution in [0.2, 0.25) is 0 Å². The Morgan fingerprint density at radius 1 is 1.18 bits per heavy atom. The molecule has 0 aromatic carbocycles. The number of pyridine rings is 1. The fourth-order valence-electron chi connectivity index (χ4n) is 4.99. The first-order chi connectivity index (χ1) is 18.6. The van der Waals surface area contributed by atoms with Gasteiger partial charge in [0.1, 0.15) is 22.4 Å². The van der Waals surface area contributed by atoms with Crippen LogP contribution >= 0.6 is 11.3 Å². The third-order valence-corrected chi connectivity index (χ3v) is 8.07. The van der Waals surface area contributed by atoms with Gasteiger partial charge in [-0.15, -0.1) is 11.3 Å². The third kappa shape index (κ3) is 5.98. The van der Waals surface area contributed by atoms with Crippen LogP contribution in [0.3, 0.4) is 0 Å². The summed E-state index contributed by atoms with van der Waals surface area (Å²) in [5, 5.41) is 31.9. The average Bonchev–Trinajstić information content (AvgIpc) is 3.56. The van der Waals surface area contributed by atoms with Crippen molar-refractivity contribution in [3.8, 4) is 10.6 Å². The molecule has 0 aliphatic heterocycles. The van der Waals surface area contributed by atoms with E-state index in [2.05, 4.69) is 25.9 Å². The van der Waals surface area contributed by atoms with E-state index in [1.165, 1.54) is 0 Å². The fourth-order valence-corrected chi connectivity index (χ4v) is 6.05. The van der Waals surface area contributed by atoms with E-state index in [4.69, 9.17) is 14.7 Å². The Labute approximate surface area is 231 Å². The van der Waals surface area contributed by atoms with Crippen molar-refractivity contribution in [2.75, 3.05) is 30.9 Å². The van der Waals surface area contributed by atoms with E-state index < -0.39 is 29.7 Å². The molecule has 0 unspecified atom stereocenters. The minimum absolute atomic E-state index is 0.245. The molecule has 2 aliphatic rings. The molecule has 3 aromatic heterocycles. The van der Waals surface area contributed by atoms with Gasteiger partial charge < -0.3 is 30.9 Å². The lowest BCUT2D eigenvalue weighted by Crippen LogP contribution is -2.46. The van der Waals surface area contributed by atoms with Crippen molar-refractivity contribution in [2.24, 2.45) is 5.92 Å². The molecular formula is C27H37N7O4S. The first-order valence-electron chi connectivity index (χ1n) is 13.4. The number of methoxy groups -OCH3 is 1. The van der Waals surface area contributed by atoms with Crippen molar-refractivity contribution in [3.05, 3.63) is 23.7 Å². The van der Waals surface area contributed by atoms with Crippen LogP contribution in [0.1, 0.15) is 57.3 Å². The van der Waals surface area contributed by atoms with Gasteiger partial charge in [0.2, 0.25) is 11.9 Å². The average molecular weight is 556 g/mol. The number of aromatic nitrogens is 4. The molecule has 11 nitrogen and oxygen atoms in total. The number of aryl methyl sites for hydroxylation is 1. The molecule has 1 amide bonds. The lowest BCUT2D eigenvalue weighted by molar-refractivity contribution is -0.130. The van der Waals surface area contributed by atoms with Crippen LogP contribution in [-0.4, -0.2) is 80.1 Å². The molecule has 0 radical (unpaired) electrons. The Hall–Kier alpha value is -2.93. The van der Waals surface area contributed by atoms with Crippen molar-refractivity contribution in [1.82, 2.24) is 25.3 Å². The van der Waals surface area contributed by atoms with Gasteiger partial charge >= 0.3 is 0 Å².